The summed E-state index contributed by atoms with van der Waals surface area (Å²) in [6.07, 6.45) is 5.24. The minimum absolute atomic E-state index is 0.198. The fourth-order valence-corrected chi connectivity index (χ4v) is 3.67. The molecule has 0 N–H and O–H groups in total. The Morgan fingerprint density at radius 1 is 0.967 bits per heavy atom. The van der Waals surface area contributed by atoms with Crippen molar-refractivity contribution in [1.82, 2.24) is 24.7 Å². The van der Waals surface area contributed by atoms with Crippen molar-refractivity contribution in [2.75, 3.05) is 0 Å². The maximum atomic E-state index is 9.05. The summed E-state index contributed by atoms with van der Waals surface area (Å²) in [5, 5.41) is 16.0. The first kappa shape index (κ1) is 18.0. The predicted molar refractivity (Wildman–Crippen MR) is 116 cm³/mol. The van der Waals surface area contributed by atoms with Crippen LogP contribution < -0.4 is 0 Å². The second-order valence-corrected chi connectivity index (χ2v) is 7.44. The standard InChI is InChI=1S/C24H18N6/c1-15(2)23-22-19(18-11-17-5-3-4-6-20(17)27-14-18)9-10-26-24(22)30(29-23)21-8-7-16(12-25)13-28-21/h3-11,13-15H,1-2H3. The number of rotatable bonds is 3. The third kappa shape index (κ3) is 2.88. The monoisotopic (exact) mass is 390 g/mol. The van der Waals surface area contributed by atoms with Gasteiger partial charge in [-0.25, -0.2) is 9.97 Å². The summed E-state index contributed by atoms with van der Waals surface area (Å²) in [6.45, 7) is 4.24. The Morgan fingerprint density at radius 2 is 1.83 bits per heavy atom. The van der Waals surface area contributed by atoms with Crippen molar-refractivity contribution < 1.29 is 0 Å². The summed E-state index contributed by atoms with van der Waals surface area (Å²) in [5.41, 5.74) is 5.23. The number of nitrogens with zero attached hydrogens (tertiary/aromatic N) is 6. The molecule has 0 amide bonds. The maximum Gasteiger partial charge on any atom is 0.165 e. The number of benzene rings is 1. The summed E-state index contributed by atoms with van der Waals surface area (Å²) in [5.74, 6) is 0.829. The maximum absolute atomic E-state index is 9.05. The molecule has 0 aliphatic heterocycles. The Kier molecular flexibility index (Phi) is 4.22. The van der Waals surface area contributed by atoms with E-state index in [-0.39, 0.29) is 5.92 Å². The van der Waals surface area contributed by atoms with Gasteiger partial charge in [-0.15, -0.1) is 0 Å². The molecular weight excluding hydrogens is 372 g/mol. The molecule has 6 nitrogen and oxygen atoms in total. The van der Waals surface area contributed by atoms with Crippen LogP contribution in [0.1, 0.15) is 31.0 Å². The van der Waals surface area contributed by atoms with E-state index in [0.29, 0.717) is 11.4 Å². The van der Waals surface area contributed by atoms with Gasteiger partial charge in [0, 0.05) is 29.5 Å². The molecule has 0 radical (unpaired) electrons. The highest BCUT2D eigenvalue weighted by atomic mass is 15.3. The van der Waals surface area contributed by atoms with Crippen LogP contribution >= 0.6 is 0 Å². The fourth-order valence-electron chi connectivity index (χ4n) is 3.67. The average molecular weight is 390 g/mol. The summed E-state index contributed by atoms with van der Waals surface area (Å²) < 4.78 is 1.75. The zero-order valence-electron chi connectivity index (χ0n) is 16.6. The lowest BCUT2D eigenvalue weighted by Crippen LogP contribution is -2.01. The molecule has 5 aromatic rings. The number of hydrogen-bond acceptors (Lipinski definition) is 5. The van der Waals surface area contributed by atoms with Crippen LogP contribution in [0, 0.1) is 11.3 Å². The van der Waals surface area contributed by atoms with Crippen LogP contribution in [-0.4, -0.2) is 24.7 Å². The van der Waals surface area contributed by atoms with Crippen molar-refractivity contribution in [2.24, 2.45) is 0 Å². The van der Waals surface area contributed by atoms with Crippen molar-refractivity contribution in [1.29, 1.82) is 5.26 Å². The molecular formula is C24H18N6. The number of pyridine rings is 3. The number of hydrogen-bond donors (Lipinski definition) is 0. The first-order valence-electron chi connectivity index (χ1n) is 9.75. The molecule has 5 rings (SSSR count). The Balaban J connectivity index is 1.77. The molecule has 0 unspecified atom stereocenters. The molecule has 6 heteroatoms. The molecule has 0 atom stereocenters. The summed E-state index contributed by atoms with van der Waals surface area (Å²) in [7, 11) is 0. The van der Waals surface area contributed by atoms with E-state index in [1.807, 2.05) is 30.5 Å². The molecule has 4 heterocycles. The van der Waals surface area contributed by atoms with E-state index >= 15 is 0 Å². The molecule has 144 valence electrons. The van der Waals surface area contributed by atoms with Gasteiger partial charge in [-0.05, 0) is 41.8 Å². The van der Waals surface area contributed by atoms with Crippen LogP contribution in [-0.2, 0) is 0 Å². The molecule has 1 aromatic carbocycles. The van der Waals surface area contributed by atoms with Gasteiger partial charge < -0.3 is 0 Å². The summed E-state index contributed by atoms with van der Waals surface area (Å²) in [6, 6.07) is 17.9. The third-order valence-corrected chi connectivity index (χ3v) is 5.14. The Bertz CT molecular complexity index is 1420. The summed E-state index contributed by atoms with van der Waals surface area (Å²) >= 11 is 0. The first-order chi connectivity index (χ1) is 14.7. The minimum atomic E-state index is 0.198. The van der Waals surface area contributed by atoms with E-state index in [4.69, 9.17) is 10.4 Å². The van der Waals surface area contributed by atoms with E-state index in [2.05, 4.69) is 47.0 Å². The quantitative estimate of drug-likeness (QED) is 0.432. The highest BCUT2D eigenvalue weighted by molar-refractivity contribution is 5.97. The van der Waals surface area contributed by atoms with Crippen LogP contribution in [0.15, 0.2) is 67.1 Å². The number of para-hydroxylation sites is 1. The van der Waals surface area contributed by atoms with E-state index in [0.717, 1.165) is 38.8 Å². The second-order valence-electron chi connectivity index (χ2n) is 7.44. The van der Waals surface area contributed by atoms with Gasteiger partial charge in [0.1, 0.15) is 6.07 Å². The topological polar surface area (TPSA) is 80.3 Å². The Labute approximate surface area is 173 Å². The molecule has 0 aliphatic rings. The Morgan fingerprint density at radius 3 is 2.60 bits per heavy atom. The van der Waals surface area contributed by atoms with Crippen LogP contribution in [0.5, 0.6) is 0 Å². The molecule has 30 heavy (non-hydrogen) atoms. The van der Waals surface area contributed by atoms with E-state index < -0.39 is 0 Å². The van der Waals surface area contributed by atoms with Crippen molar-refractivity contribution >= 4 is 21.9 Å². The molecule has 0 saturated carbocycles. The van der Waals surface area contributed by atoms with E-state index in [1.165, 1.54) is 0 Å². The molecule has 0 bridgehead atoms. The van der Waals surface area contributed by atoms with Crippen molar-refractivity contribution in [3.8, 4) is 23.0 Å². The van der Waals surface area contributed by atoms with Gasteiger partial charge in [-0.2, -0.15) is 15.0 Å². The molecule has 0 fully saturated rings. The van der Waals surface area contributed by atoms with Crippen molar-refractivity contribution in [2.45, 2.75) is 19.8 Å². The highest BCUT2D eigenvalue weighted by Gasteiger charge is 2.20. The first-order valence-corrected chi connectivity index (χ1v) is 9.75. The van der Waals surface area contributed by atoms with Crippen molar-refractivity contribution in [3.63, 3.8) is 0 Å². The highest BCUT2D eigenvalue weighted by Crippen LogP contribution is 2.34. The molecule has 0 aliphatic carbocycles. The van der Waals surface area contributed by atoms with Crippen LogP contribution in [0.4, 0.5) is 0 Å². The Hall–Kier alpha value is -4.11. The van der Waals surface area contributed by atoms with Gasteiger partial charge >= 0.3 is 0 Å². The van der Waals surface area contributed by atoms with E-state index in [9.17, 15) is 0 Å². The zero-order chi connectivity index (χ0) is 20.7. The predicted octanol–water partition coefficient (Wildman–Crippen LogP) is 5.03. The average Bonchev–Trinajstić information content (AvgIpc) is 3.19. The SMILES string of the molecule is CC(C)c1nn(-c2ccc(C#N)cn2)c2nccc(-c3cnc4ccccc4c3)c12. The zero-order valence-corrected chi connectivity index (χ0v) is 16.6. The number of nitriles is 1. The van der Waals surface area contributed by atoms with Gasteiger partial charge in [-0.3, -0.25) is 4.98 Å². The second kappa shape index (κ2) is 7.05. The minimum Gasteiger partial charge on any atom is -0.256 e. The van der Waals surface area contributed by atoms with Gasteiger partial charge in [-0.1, -0.05) is 32.0 Å². The van der Waals surface area contributed by atoms with Gasteiger partial charge in [0.2, 0.25) is 0 Å². The smallest absolute Gasteiger partial charge is 0.165 e. The molecule has 0 saturated heterocycles. The lowest BCUT2D eigenvalue weighted by Gasteiger charge is -2.08. The lowest BCUT2D eigenvalue weighted by atomic mass is 9.99. The van der Waals surface area contributed by atoms with Crippen LogP contribution in [0.2, 0.25) is 0 Å². The van der Waals surface area contributed by atoms with Crippen molar-refractivity contribution in [3.05, 3.63) is 78.4 Å². The van der Waals surface area contributed by atoms with Gasteiger partial charge in [0.25, 0.3) is 0 Å². The van der Waals surface area contributed by atoms with Crippen LogP contribution in [0.3, 0.4) is 0 Å². The largest absolute Gasteiger partial charge is 0.256 e. The summed E-state index contributed by atoms with van der Waals surface area (Å²) in [4.78, 5) is 13.7. The third-order valence-electron chi connectivity index (χ3n) is 5.14. The van der Waals surface area contributed by atoms with Crippen LogP contribution in [0.25, 0.3) is 38.9 Å². The number of fused-ring (bicyclic) bond motifs is 2. The van der Waals surface area contributed by atoms with Gasteiger partial charge in [0.15, 0.2) is 11.5 Å². The van der Waals surface area contributed by atoms with Gasteiger partial charge in [0.05, 0.1) is 22.2 Å². The normalized spacial score (nSPS) is 11.3. The number of aromatic nitrogens is 5. The van der Waals surface area contributed by atoms with E-state index in [1.54, 1.807) is 29.2 Å². The molecule has 4 aromatic heterocycles. The lowest BCUT2D eigenvalue weighted by molar-refractivity contribution is 0.766. The molecule has 0 spiro atoms. The fraction of sp³-hybridized carbons (Fsp3) is 0.125.